The lowest BCUT2D eigenvalue weighted by Gasteiger charge is -2.13. The molecule has 2 aliphatic rings. The lowest BCUT2D eigenvalue weighted by Crippen LogP contribution is -1.94. The van der Waals surface area contributed by atoms with Crippen LogP contribution in [-0.4, -0.2) is 4.40 Å². The zero-order valence-corrected chi connectivity index (χ0v) is 19.2. The minimum absolute atomic E-state index is 1.01. The van der Waals surface area contributed by atoms with Crippen LogP contribution in [0.1, 0.15) is 22.3 Å². The van der Waals surface area contributed by atoms with Crippen LogP contribution in [0.3, 0.4) is 0 Å². The molecule has 0 aliphatic heterocycles. The van der Waals surface area contributed by atoms with Crippen molar-refractivity contribution in [1.82, 2.24) is 4.40 Å². The Labute approximate surface area is 202 Å². The summed E-state index contributed by atoms with van der Waals surface area (Å²) in [4.78, 5) is 0. The van der Waals surface area contributed by atoms with Crippen molar-refractivity contribution in [2.45, 2.75) is 12.8 Å². The number of aromatic nitrogens is 1. The van der Waals surface area contributed by atoms with Gasteiger partial charge >= 0.3 is 0 Å². The van der Waals surface area contributed by atoms with Gasteiger partial charge in [-0.3, -0.25) is 0 Å². The number of nitrogens with zero attached hydrogens (tertiary/aromatic N) is 1. The van der Waals surface area contributed by atoms with Crippen LogP contribution in [0.15, 0.2) is 103 Å². The first-order chi connectivity index (χ1) is 17.4. The Hall–Kier alpha value is -4.36. The van der Waals surface area contributed by atoms with E-state index in [2.05, 4.69) is 108 Å². The van der Waals surface area contributed by atoms with E-state index in [-0.39, 0.29) is 0 Å². The number of benzene rings is 5. The Kier molecular flexibility index (Phi) is 3.19. The minimum atomic E-state index is 1.01. The van der Waals surface area contributed by atoms with Gasteiger partial charge in [-0.05, 0) is 80.9 Å². The van der Waals surface area contributed by atoms with E-state index < -0.39 is 0 Å². The molecule has 0 spiro atoms. The van der Waals surface area contributed by atoms with Crippen molar-refractivity contribution in [3.05, 3.63) is 125 Å². The molecule has 0 saturated heterocycles. The van der Waals surface area contributed by atoms with Crippen LogP contribution in [0.4, 0.5) is 0 Å². The SMILES string of the molecule is c1ccc2c(c1)Cc1c-2ccc2c1Cc1c-2ccc2c1c1ccccc1n1c3ccccc3cc21. The van der Waals surface area contributed by atoms with E-state index in [1.165, 1.54) is 82.6 Å². The molecule has 5 aromatic carbocycles. The molecule has 2 aliphatic carbocycles. The number of pyridine rings is 1. The van der Waals surface area contributed by atoms with Gasteiger partial charge < -0.3 is 4.40 Å². The first kappa shape index (κ1) is 18.0. The van der Waals surface area contributed by atoms with Crippen molar-refractivity contribution in [2.75, 3.05) is 0 Å². The van der Waals surface area contributed by atoms with Crippen LogP contribution in [0.5, 0.6) is 0 Å². The predicted molar refractivity (Wildman–Crippen MR) is 146 cm³/mol. The van der Waals surface area contributed by atoms with Gasteiger partial charge in [0.15, 0.2) is 0 Å². The van der Waals surface area contributed by atoms with Gasteiger partial charge in [-0.25, -0.2) is 0 Å². The van der Waals surface area contributed by atoms with Crippen LogP contribution in [0.25, 0.3) is 60.3 Å². The molecule has 2 heterocycles. The first-order valence-corrected chi connectivity index (χ1v) is 12.5. The van der Waals surface area contributed by atoms with Gasteiger partial charge in [-0.1, -0.05) is 84.9 Å². The summed E-state index contributed by atoms with van der Waals surface area (Å²) in [5.41, 5.74) is 15.6. The number of hydrogen-bond acceptors (Lipinski definition) is 0. The number of fused-ring (bicyclic) bond motifs is 16. The van der Waals surface area contributed by atoms with Crippen molar-refractivity contribution in [3.8, 4) is 22.3 Å². The van der Waals surface area contributed by atoms with Crippen molar-refractivity contribution in [3.63, 3.8) is 0 Å². The van der Waals surface area contributed by atoms with Crippen molar-refractivity contribution in [1.29, 1.82) is 0 Å². The van der Waals surface area contributed by atoms with Crippen molar-refractivity contribution in [2.24, 2.45) is 0 Å². The van der Waals surface area contributed by atoms with Gasteiger partial charge in [0, 0.05) is 16.2 Å². The molecule has 7 aromatic rings. The summed E-state index contributed by atoms with van der Waals surface area (Å²) in [6, 6.07) is 38.5. The van der Waals surface area contributed by atoms with Crippen LogP contribution >= 0.6 is 0 Å². The molecule has 1 nitrogen and oxygen atoms in total. The van der Waals surface area contributed by atoms with Crippen LogP contribution < -0.4 is 0 Å². The molecule has 9 rings (SSSR count). The first-order valence-electron chi connectivity index (χ1n) is 12.5. The van der Waals surface area contributed by atoms with Crippen LogP contribution in [0, 0.1) is 0 Å². The fourth-order valence-corrected chi connectivity index (χ4v) is 7.00. The summed E-state index contributed by atoms with van der Waals surface area (Å²) in [6.45, 7) is 0. The standard InChI is InChI=1S/C34H21N/c1-3-9-22-20(7-1)17-28-23(22)13-14-24-25-15-16-27-33-18-21-8-2-5-11-31(21)35(33)32-12-6-4-10-26(32)34(27)30(25)19-29(24)28/h1-16,18H,17,19H2. The third kappa shape index (κ3) is 2.15. The van der Waals surface area contributed by atoms with E-state index in [0.717, 1.165) is 12.8 Å². The Morgan fingerprint density at radius 3 is 2.06 bits per heavy atom. The molecule has 1 heteroatoms. The zero-order chi connectivity index (χ0) is 22.7. The monoisotopic (exact) mass is 443 g/mol. The highest BCUT2D eigenvalue weighted by Gasteiger charge is 2.29. The quantitative estimate of drug-likeness (QED) is 0.207. The Bertz CT molecular complexity index is 2050. The van der Waals surface area contributed by atoms with Crippen LogP contribution in [-0.2, 0) is 12.8 Å². The third-order valence-electron chi connectivity index (χ3n) is 8.46. The molecule has 162 valence electrons. The Morgan fingerprint density at radius 1 is 0.457 bits per heavy atom. The highest BCUT2D eigenvalue weighted by Crippen LogP contribution is 2.49. The maximum absolute atomic E-state index is 2.45. The predicted octanol–water partition coefficient (Wildman–Crippen LogP) is 8.54. The van der Waals surface area contributed by atoms with Gasteiger partial charge in [0.05, 0.1) is 16.6 Å². The van der Waals surface area contributed by atoms with E-state index in [1.807, 2.05) is 0 Å². The normalized spacial score (nSPS) is 13.5. The molecule has 0 amide bonds. The highest BCUT2D eigenvalue weighted by molar-refractivity contribution is 6.18. The fraction of sp³-hybridized carbons (Fsp3) is 0.0588. The summed E-state index contributed by atoms with van der Waals surface area (Å²) in [6.07, 6.45) is 2.06. The Balaban J connectivity index is 1.39. The molecule has 0 bridgehead atoms. The molecular formula is C34H21N. The van der Waals surface area contributed by atoms with Crippen molar-refractivity contribution < 1.29 is 0 Å². The number of para-hydroxylation sites is 2. The summed E-state index contributed by atoms with van der Waals surface area (Å²) in [5, 5.41) is 5.42. The highest BCUT2D eigenvalue weighted by atomic mass is 14.9. The average Bonchev–Trinajstić information content (AvgIpc) is 3.59. The molecule has 0 saturated carbocycles. The van der Waals surface area contributed by atoms with E-state index in [9.17, 15) is 0 Å². The molecule has 0 N–H and O–H groups in total. The van der Waals surface area contributed by atoms with Gasteiger partial charge in [0.25, 0.3) is 0 Å². The van der Waals surface area contributed by atoms with Gasteiger partial charge in [-0.15, -0.1) is 0 Å². The lowest BCUT2D eigenvalue weighted by atomic mass is 9.95. The fourth-order valence-electron chi connectivity index (χ4n) is 7.00. The van der Waals surface area contributed by atoms with Crippen molar-refractivity contribution >= 4 is 38.1 Å². The second-order valence-electron chi connectivity index (χ2n) is 10.1. The molecule has 0 fully saturated rings. The van der Waals surface area contributed by atoms with Gasteiger partial charge in [-0.2, -0.15) is 0 Å². The van der Waals surface area contributed by atoms with E-state index in [4.69, 9.17) is 0 Å². The molecular weight excluding hydrogens is 422 g/mol. The van der Waals surface area contributed by atoms with E-state index in [0.29, 0.717) is 0 Å². The maximum atomic E-state index is 2.45. The maximum Gasteiger partial charge on any atom is 0.0547 e. The molecule has 2 aromatic heterocycles. The second kappa shape index (κ2) is 6.20. The topological polar surface area (TPSA) is 4.41 Å². The summed E-state index contributed by atoms with van der Waals surface area (Å²) < 4.78 is 2.45. The second-order valence-corrected chi connectivity index (χ2v) is 10.1. The third-order valence-corrected chi connectivity index (χ3v) is 8.46. The smallest absolute Gasteiger partial charge is 0.0547 e. The lowest BCUT2D eigenvalue weighted by molar-refractivity contribution is 1.17. The minimum Gasteiger partial charge on any atom is -0.309 e. The molecule has 0 unspecified atom stereocenters. The van der Waals surface area contributed by atoms with E-state index in [1.54, 1.807) is 0 Å². The van der Waals surface area contributed by atoms with Gasteiger partial charge in [0.2, 0.25) is 0 Å². The average molecular weight is 444 g/mol. The summed E-state index contributed by atoms with van der Waals surface area (Å²) >= 11 is 0. The Morgan fingerprint density at radius 2 is 1.11 bits per heavy atom. The summed E-state index contributed by atoms with van der Waals surface area (Å²) in [5.74, 6) is 0. The number of hydrogen-bond donors (Lipinski definition) is 0. The molecule has 0 atom stereocenters. The largest absolute Gasteiger partial charge is 0.309 e. The molecule has 35 heavy (non-hydrogen) atoms. The number of rotatable bonds is 0. The van der Waals surface area contributed by atoms with Crippen LogP contribution in [0.2, 0.25) is 0 Å². The van der Waals surface area contributed by atoms with E-state index >= 15 is 0 Å². The summed E-state index contributed by atoms with van der Waals surface area (Å²) in [7, 11) is 0. The zero-order valence-electron chi connectivity index (χ0n) is 19.2. The van der Waals surface area contributed by atoms with Gasteiger partial charge in [0.1, 0.15) is 0 Å². The molecule has 0 radical (unpaired) electrons.